The quantitative estimate of drug-likeness (QED) is 0.557. The summed E-state index contributed by atoms with van der Waals surface area (Å²) in [6.07, 6.45) is 6.01. The molecule has 0 atom stereocenters. The molecule has 0 bridgehead atoms. The van der Waals surface area contributed by atoms with Crippen LogP contribution in [0.15, 0.2) is 29.5 Å². The van der Waals surface area contributed by atoms with E-state index in [4.69, 9.17) is 5.73 Å². The molecule has 1 saturated carbocycles. The predicted octanol–water partition coefficient (Wildman–Crippen LogP) is 1.35. The van der Waals surface area contributed by atoms with Crippen LogP contribution >= 0.6 is 0 Å². The number of hydrogen-bond donors (Lipinski definition) is 1. The molecule has 2 N–H and O–H groups in total. The Bertz CT molecular complexity index is 301. The first-order chi connectivity index (χ1) is 6.36. The summed E-state index contributed by atoms with van der Waals surface area (Å²) in [6, 6.07) is 3.93. The molecule has 2 rings (SSSR count). The summed E-state index contributed by atoms with van der Waals surface area (Å²) in [5, 5.41) is 0. The molecule has 0 unspecified atom stereocenters. The van der Waals surface area contributed by atoms with Gasteiger partial charge in [-0.2, -0.15) is 0 Å². The molecule has 1 fully saturated rings. The third kappa shape index (κ3) is 2.28. The molecule has 1 aliphatic rings. The zero-order chi connectivity index (χ0) is 9.10. The van der Waals surface area contributed by atoms with Gasteiger partial charge in [-0.1, -0.05) is 6.07 Å². The minimum Gasteiger partial charge on any atom is -0.387 e. The van der Waals surface area contributed by atoms with Gasteiger partial charge in [-0.15, -0.1) is 0 Å². The van der Waals surface area contributed by atoms with Crippen molar-refractivity contribution in [2.24, 2.45) is 16.6 Å². The Labute approximate surface area is 77.7 Å². The summed E-state index contributed by atoms with van der Waals surface area (Å²) in [4.78, 5) is 8.32. The third-order valence-electron chi connectivity index (χ3n) is 2.16. The van der Waals surface area contributed by atoms with E-state index >= 15 is 0 Å². The Morgan fingerprint density at radius 3 is 3.08 bits per heavy atom. The summed E-state index contributed by atoms with van der Waals surface area (Å²) < 4.78 is 0. The van der Waals surface area contributed by atoms with Crippen molar-refractivity contribution in [3.63, 3.8) is 0 Å². The van der Waals surface area contributed by atoms with Gasteiger partial charge in [0.25, 0.3) is 0 Å². The summed E-state index contributed by atoms with van der Waals surface area (Å²) in [7, 11) is 0. The number of nitrogens with zero attached hydrogens (tertiary/aromatic N) is 2. The van der Waals surface area contributed by atoms with Gasteiger partial charge < -0.3 is 5.73 Å². The fourth-order valence-corrected chi connectivity index (χ4v) is 1.18. The molecule has 1 heterocycles. The molecule has 0 aliphatic heterocycles. The van der Waals surface area contributed by atoms with Crippen LogP contribution in [0.2, 0.25) is 0 Å². The Balaban J connectivity index is 1.95. The first-order valence-electron chi connectivity index (χ1n) is 4.55. The molecule has 13 heavy (non-hydrogen) atoms. The number of amidine groups is 1. The Morgan fingerprint density at radius 2 is 2.46 bits per heavy atom. The van der Waals surface area contributed by atoms with Crippen molar-refractivity contribution in [3.05, 3.63) is 30.1 Å². The summed E-state index contributed by atoms with van der Waals surface area (Å²) in [5.41, 5.74) is 6.87. The average Bonchev–Trinajstić information content (AvgIpc) is 2.99. The van der Waals surface area contributed by atoms with Crippen molar-refractivity contribution in [1.82, 2.24) is 4.98 Å². The van der Waals surface area contributed by atoms with Crippen LogP contribution in [0.5, 0.6) is 0 Å². The van der Waals surface area contributed by atoms with Crippen LogP contribution in [0.3, 0.4) is 0 Å². The van der Waals surface area contributed by atoms with Crippen molar-refractivity contribution >= 4 is 5.84 Å². The topological polar surface area (TPSA) is 51.3 Å². The van der Waals surface area contributed by atoms with Gasteiger partial charge in [0.1, 0.15) is 0 Å². The lowest BCUT2D eigenvalue weighted by molar-refractivity contribution is 1.01. The Hall–Kier alpha value is -1.38. The smallest absolute Gasteiger partial charge is 0.0972 e. The van der Waals surface area contributed by atoms with Crippen LogP contribution in [0.4, 0.5) is 0 Å². The van der Waals surface area contributed by atoms with Crippen LogP contribution in [0, 0.1) is 5.92 Å². The lowest BCUT2D eigenvalue weighted by atomic mass is 10.3. The van der Waals surface area contributed by atoms with Crippen LogP contribution in [0.1, 0.15) is 18.4 Å². The summed E-state index contributed by atoms with van der Waals surface area (Å²) in [5.74, 6) is 1.38. The van der Waals surface area contributed by atoms with E-state index in [9.17, 15) is 0 Å². The highest BCUT2D eigenvalue weighted by Gasteiger charge is 2.24. The van der Waals surface area contributed by atoms with Gasteiger partial charge >= 0.3 is 0 Å². The monoisotopic (exact) mass is 175 g/mol. The maximum Gasteiger partial charge on any atom is 0.0972 e. The molecular weight excluding hydrogens is 162 g/mol. The highest BCUT2D eigenvalue weighted by atomic mass is 14.9. The van der Waals surface area contributed by atoms with Gasteiger partial charge in [0.05, 0.1) is 12.4 Å². The maximum absolute atomic E-state index is 5.76. The minimum absolute atomic E-state index is 0.566. The number of hydrogen-bond acceptors (Lipinski definition) is 2. The molecule has 1 aromatic heterocycles. The minimum atomic E-state index is 0.566. The highest BCUT2D eigenvalue weighted by Crippen LogP contribution is 2.28. The third-order valence-corrected chi connectivity index (χ3v) is 2.16. The first kappa shape index (κ1) is 8.23. The summed E-state index contributed by atoms with van der Waals surface area (Å²) >= 11 is 0. The van der Waals surface area contributed by atoms with Crippen molar-refractivity contribution in [2.45, 2.75) is 19.4 Å². The molecule has 1 aromatic rings. The van der Waals surface area contributed by atoms with Gasteiger partial charge in [-0.25, -0.2) is 0 Å². The number of aliphatic imine (C=N–C) groups is 1. The second kappa shape index (κ2) is 3.56. The van der Waals surface area contributed by atoms with Gasteiger partial charge in [-0.3, -0.25) is 9.98 Å². The molecule has 1 aliphatic carbocycles. The van der Waals surface area contributed by atoms with Crippen LogP contribution in [-0.2, 0) is 6.54 Å². The zero-order valence-corrected chi connectivity index (χ0v) is 7.48. The Kier molecular flexibility index (Phi) is 2.25. The maximum atomic E-state index is 5.76. The SMILES string of the molecule is NC(=NCc1cccnc1)C1CC1. The van der Waals surface area contributed by atoms with Crippen molar-refractivity contribution in [3.8, 4) is 0 Å². The van der Waals surface area contributed by atoms with Gasteiger partial charge in [-0.05, 0) is 24.5 Å². The predicted molar refractivity (Wildman–Crippen MR) is 52.3 cm³/mol. The number of aromatic nitrogens is 1. The van der Waals surface area contributed by atoms with E-state index in [0.29, 0.717) is 12.5 Å². The lowest BCUT2D eigenvalue weighted by Crippen LogP contribution is -2.14. The van der Waals surface area contributed by atoms with Crippen molar-refractivity contribution in [2.75, 3.05) is 0 Å². The van der Waals surface area contributed by atoms with Gasteiger partial charge in [0.15, 0.2) is 0 Å². The number of rotatable bonds is 3. The van der Waals surface area contributed by atoms with E-state index in [1.165, 1.54) is 12.8 Å². The van der Waals surface area contributed by atoms with Crippen LogP contribution in [0.25, 0.3) is 0 Å². The van der Waals surface area contributed by atoms with Gasteiger partial charge in [0.2, 0.25) is 0 Å². The van der Waals surface area contributed by atoms with Crippen LogP contribution in [-0.4, -0.2) is 10.8 Å². The number of nitrogens with two attached hydrogens (primary N) is 1. The molecular formula is C10H13N3. The van der Waals surface area contributed by atoms with Crippen LogP contribution < -0.4 is 5.73 Å². The standard InChI is InChI=1S/C10H13N3/c11-10(9-3-4-9)13-7-8-2-1-5-12-6-8/h1-2,5-6,9H,3-4,7H2,(H2,11,13). The van der Waals surface area contributed by atoms with Crippen molar-refractivity contribution in [1.29, 1.82) is 0 Å². The van der Waals surface area contributed by atoms with E-state index in [0.717, 1.165) is 11.4 Å². The normalized spacial score (nSPS) is 17.4. The molecule has 0 amide bonds. The molecule has 3 heteroatoms. The van der Waals surface area contributed by atoms with Gasteiger partial charge in [0, 0.05) is 18.3 Å². The second-order valence-electron chi connectivity index (χ2n) is 3.38. The van der Waals surface area contributed by atoms with E-state index in [1.807, 2.05) is 18.3 Å². The molecule has 0 saturated heterocycles. The van der Waals surface area contributed by atoms with E-state index in [2.05, 4.69) is 9.98 Å². The first-order valence-corrected chi connectivity index (χ1v) is 4.55. The molecule has 0 aromatic carbocycles. The average molecular weight is 175 g/mol. The fraction of sp³-hybridized carbons (Fsp3) is 0.400. The Morgan fingerprint density at radius 1 is 1.62 bits per heavy atom. The highest BCUT2D eigenvalue weighted by molar-refractivity contribution is 5.84. The fourth-order valence-electron chi connectivity index (χ4n) is 1.18. The molecule has 0 spiro atoms. The zero-order valence-electron chi connectivity index (χ0n) is 7.48. The summed E-state index contributed by atoms with van der Waals surface area (Å²) in [6.45, 7) is 0.663. The van der Waals surface area contributed by atoms with Crippen molar-refractivity contribution < 1.29 is 0 Å². The lowest BCUT2D eigenvalue weighted by Gasteiger charge is -1.97. The molecule has 68 valence electrons. The second-order valence-corrected chi connectivity index (χ2v) is 3.38. The van der Waals surface area contributed by atoms with E-state index < -0.39 is 0 Å². The van der Waals surface area contributed by atoms with E-state index in [1.54, 1.807) is 6.20 Å². The largest absolute Gasteiger partial charge is 0.387 e. The molecule has 3 nitrogen and oxygen atoms in total. The number of pyridine rings is 1. The molecule has 0 radical (unpaired) electrons. The van der Waals surface area contributed by atoms with E-state index in [-0.39, 0.29) is 0 Å².